The fourth-order valence-corrected chi connectivity index (χ4v) is 4.04. The minimum absolute atomic E-state index is 0.0182. The van der Waals surface area contributed by atoms with Gasteiger partial charge in [-0.3, -0.25) is 19.3 Å². The quantitative estimate of drug-likeness (QED) is 0.300. The van der Waals surface area contributed by atoms with Crippen LogP contribution in [-0.4, -0.2) is 43.4 Å². The predicted molar refractivity (Wildman–Crippen MR) is 128 cm³/mol. The molecule has 3 aromatic carbocycles. The second-order valence-corrected chi connectivity index (χ2v) is 7.87. The first-order valence-corrected chi connectivity index (χ1v) is 10.9. The highest BCUT2D eigenvalue weighted by atomic mass is 16.5. The maximum Gasteiger partial charge on any atom is 0.331 e. The Kier molecular flexibility index (Phi) is 5.73. The number of amides is 2. The standard InChI is InChI=1S/C27H19NO8/c1-33-20-12-11-15(13-21(20)34-2)24-25(23(30)18-9-5-6-10-19(18)35-24)36-22(29)14-28-26(31)16-7-3-4-8-17(16)27(28)32/h3-13H,14H2,1-2H3. The summed E-state index contributed by atoms with van der Waals surface area (Å²) in [6.07, 6.45) is 0. The van der Waals surface area contributed by atoms with Crippen molar-refractivity contribution >= 4 is 28.8 Å². The third kappa shape index (κ3) is 3.76. The third-order valence-corrected chi connectivity index (χ3v) is 5.78. The van der Waals surface area contributed by atoms with E-state index in [0.717, 1.165) is 4.90 Å². The fourth-order valence-electron chi connectivity index (χ4n) is 4.04. The number of fused-ring (bicyclic) bond motifs is 2. The van der Waals surface area contributed by atoms with Crippen LogP contribution in [0.3, 0.4) is 0 Å². The topological polar surface area (TPSA) is 112 Å². The normalized spacial score (nSPS) is 12.6. The molecule has 5 rings (SSSR count). The van der Waals surface area contributed by atoms with Crippen molar-refractivity contribution in [2.45, 2.75) is 0 Å². The first-order valence-electron chi connectivity index (χ1n) is 10.9. The van der Waals surface area contributed by atoms with Crippen molar-refractivity contribution in [1.82, 2.24) is 4.90 Å². The number of benzene rings is 3. The second kappa shape index (κ2) is 9.03. The molecule has 1 aromatic heterocycles. The van der Waals surface area contributed by atoms with Gasteiger partial charge in [0, 0.05) is 5.56 Å². The highest BCUT2D eigenvalue weighted by Gasteiger charge is 2.37. The monoisotopic (exact) mass is 485 g/mol. The van der Waals surface area contributed by atoms with Gasteiger partial charge in [0.05, 0.1) is 30.7 Å². The first kappa shape index (κ1) is 22.9. The van der Waals surface area contributed by atoms with Gasteiger partial charge in [0.1, 0.15) is 12.1 Å². The van der Waals surface area contributed by atoms with Crippen LogP contribution in [0.4, 0.5) is 0 Å². The Morgan fingerprint density at radius 2 is 1.47 bits per heavy atom. The summed E-state index contributed by atoms with van der Waals surface area (Å²) in [4.78, 5) is 52.3. The van der Waals surface area contributed by atoms with E-state index in [1.165, 1.54) is 26.4 Å². The Morgan fingerprint density at radius 1 is 0.833 bits per heavy atom. The molecule has 0 saturated heterocycles. The van der Waals surface area contributed by atoms with Crippen molar-refractivity contribution < 1.29 is 33.0 Å². The maximum absolute atomic E-state index is 13.3. The van der Waals surface area contributed by atoms with Crippen molar-refractivity contribution in [1.29, 1.82) is 0 Å². The van der Waals surface area contributed by atoms with Gasteiger partial charge in [-0.05, 0) is 42.5 Å². The van der Waals surface area contributed by atoms with Crippen molar-refractivity contribution in [3.8, 4) is 28.6 Å². The van der Waals surface area contributed by atoms with Crippen molar-refractivity contribution in [2.75, 3.05) is 20.8 Å². The number of ether oxygens (including phenoxy) is 3. The molecule has 1 aliphatic heterocycles. The van der Waals surface area contributed by atoms with Gasteiger partial charge in [-0.15, -0.1) is 0 Å². The lowest BCUT2D eigenvalue weighted by Gasteiger charge is -2.15. The summed E-state index contributed by atoms with van der Waals surface area (Å²) in [5, 5.41) is 0.199. The van der Waals surface area contributed by atoms with Crippen LogP contribution in [0, 0.1) is 0 Å². The van der Waals surface area contributed by atoms with E-state index in [0.29, 0.717) is 17.1 Å². The van der Waals surface area contributed by atoms with Crippen LogP contribution < -0.4 is 19.6 Å². The molecule has 4 aromatic rings. The van der Waals surface area contributed by atoms with E-state index in [9.17, 15) is 19.2 Å². The Morgan fingerprint density at radius 3 is 2.14 bits per heavy atom. The Labute approximate surface area is 204 Å². The van der Waals surface area contributed by atoms with E-state index >= 15 is 0 Å². The molecular formula is C27H19NO8. The number of esters is 1. The summed E-state index contributed by atoms with van der Waals surface area (Å²) in [5.74, 6) is -1.77. The lowest BCUT2D eigenvalue weighted by atomic mass is 10.1. The predicted octanol–water partition coefficient (Wildman–Crippen LogP) is 3.68. The molecule has 0 radical (unpaired) electrons. The molecule has 2 heterocycles. The zero-order valence-corrected chi connectivity index (χ0v) is 19.3. The largest absolute Gasteiger partial charge is 0.493 e. The molecule has 0 bridgehead atoms. The van der Waals surface area contributed by atoms with Gasteiger partial charge in [0.25, 0.3) is 11.8 Å². The Balaban J connectivity index is 1.54. The molecule has 36 heavy (non-hydrogen) atoms. The SMILES string of the molecule is COc1ccc(-c2oc3ccccc3c(=O)c2OC(=O)CN2C(=O)c3ccccc3C2=O)cc1OC. The van der Waals surface area contributed by atoms with Crippen molar-refractivity contribution in [3.63, 3.8) is 0 Å². The molecule has 0 atom stereocenters. The van der Waals surface area contributed by atoms with Gasteiger partial charge in [0.15, 0.2) is 17.3 Å². The highest BCUT2D eigenvalue weighted by Crippen LogP contribution is 2.37. The molecule has 0 unspecified atom stereocenters. The molecule has 9 nitrogen and oxygen atoms in total. The summed E-state index contributed by atoms with van der Waals surface area (Å²) in [5.41, 5.74) is 0.488. The van der Waals surface area contributed by atoms with Gasteiger partial charge in [0.2, 0.25) is 11.2 Å². The lowest BCUT2D eigenvalue weighted by molar-refractivity contribution is -0.134. The van der Waals surface area contributed by atoms with Gasteiger partial charge >= 0.3 is 5.97 Å². The van der Waals surface area contributed by atoms with E-state index in [2.05, 4.69) is 0 Å². The van der Waals surface area contributed by atoms with E-state index in [4.69, 9.17) is 18.6 Å². The number of carbonyl (C=O) groups is 3. The number of carbonyl (C=O) groups excluding carboxylic acids is 3. The molecule has 1 aliphatic rings. The molecule has 0 saturated carbocycles. The Hall–Kier alpha value is -4.92. The average Bonchev–Trinajstić information content (AvgIpc) is 3.14. The molecule has 180 valence electrons. The zero-order chi connectivity index (χ0) is 25.4. The molecule has 0 N–H and O–H groups in total. The van der Waals surface area contributed by atoms with E-state index in [-0.39, 0.29) is 33.6 Å². The van der Waals surface area contributed by atoms with Crippen LogP contribution in [0.2, 0.25) is 0 Å². The highest BCUT2D eigenvalue weighted by molar-refractivity contribution is 6.22. The lowest BCUT2D eigenvalue weighted by Crippen LogP contribution is -2.37. The molecule has 0 fully saturated rings. The minimum atomic E-state index is -0.978. The summed E-state index contributed by atoms with van der Waals surface area (Å²) < 4.78 is 22.0. The number of imide groups is 1. The molecule has 2 amide bonds. The molecule has 0 spiro atoms. The smallest absolute Gasteiger partial charge is 0.331 e. The molecular weight excluding hydrogens is 466 g/mol. The van der Waals surface area contributed by atoms with Gasteiger partial charge in [-0.25, -0.2) is 4.79 Å². The van der Waals surface area contributed by atoms with Crippen LogP contribution in [-0.2, 0) is 4.79 Å². The molecule has 9 heteroatoms. The molecule has 0 aliphatic carbocycles. The van der Waals surface area contributed by atoms with E-state index in [1.807, 2.05) is 0 Å². The van der Waals surface area contributed by atoms with Gasteiger partial charge in [-0.2, -0.15) is 0 Å². The minimum Gasteiger partial charge on any atom is -0.493 e. The first-order chi connectivity index (χ1) is 17.4. The summed E-state index contributed by atoms with van der Waals surface area (Å²) >= 11 is 0. The maximum atomic E-state index is 13.3. The summed E-state index contributed by atoms with van der Waals surface area (Å²) in [7, 11) is 2.95. The van der Waals surface area contributed by atoms with Crippen LogP contribution in [0.5, 0.6) is 17.2 Å². The van der Waals surface area contributed by atoms with E-state index < -0.39 is 29.8 Å². The van der Waals surface area contributed by atoms with Crippen molar-refractivity contribution in [2.24, 2.45) is 0 Å². The number of rotatable bonds is 6. The van der Waals surface area contributed by atoms with Crippen LogP contribution in [0.15, 0.2) is 75.9 Å². The average molecular weight is 485 g/mol. The summed E-state index contributed by atoms with van der Waals surface area (Å²) in [6.45, 7) is -0.677. The Bertz CT molecular complexity index is 1570. The number of hydrogen-bond donors (Lipinski definition) is 0. The van der Waals surface area contributed by atoms with Crippen molar-refractivity contribution in [3.05, 3.63) is 88.1 Å². The number of methoxy groups -OCH3 is 2. The van der Waals surface area contributed by atoms with Crippen LogP contribution in [0.1, 0.15) is 20.7 Å². The van der Waals surface area contributed by atoms with Gasteiger partial charge in [-0.1, -0.05) is 24.3 Å². The number of nitrogens with zero attached hydrogens (tertiary/aromatic N) is 1. The number of hydrogen-bond acceptors (Lipinski definition) is 8. The second-order valence-electron chi connectivity index (χ2n) is 7.87. The number of para-hydroxylation sites is 1. The van der Waals surface area contributed by atoms with Gasteiger partial charge < -0.3 is 18.6 Å². The van der Waals surface area contributed by atoms with Crippen LogP contribution in [0.25, 0.3) is 22.3 Å². The third-order valence-electron chi connectivity index (χ3n) is 5.78. The fraction of sp³-hybridized carbons (Fsp3) is 0.111. The van der Waals surface area contributed by atoms with Crippen LogP contribution >= 0.6 is 0 Å². The summed E-state index contributed by atoms with van der Waals surface area (Å²) in [6, 6.07) is 17.6. The zero-order valence-electron chi connectivity index (χ0n) is 19.3. The van der Waals surface area contributed by atoms with E-state index in [1.54, 1.807) is 54.6 Å².